The van der Waals surface area contributed by atoms with Crippen LogP contribution in [0, 0.1) is 0 Å². The molecule has 19 heavy (non-hydrogen) atoms. The lowest BCUT2D eigenvalue weighted by molar-refractivity contribution is 0.211. The zero-order valence-electron chi connectivity index (χ0n) is 10.6. The van der Waals surface area contributed by atoms with Crippen molar-refractivity contribution in [3.8, 4) is 5.75 Å². The van der Waals surface area contributed by atoms with E-state index >= 15 is 0 Å². The van der Waals surface area contributed by atoms with Crippen LogP contribution in [0.4, 0.5) is 0 Å². The molecule has 1 aromatic carbocycles. The second-order valence-corrected chi connectivity index (χ2v) is 5.55. The van der Waals surface area contributed by atoms with Gasteiger partial charge in [0, 0.05) is 28.4 Å². The van der Waals surface area contributed by atoms with E-state index in [1.807, 2.05) is 19.1 Å². The van der Waals surface area contributed by atoms with E-state index in [0.717, 1.165) is 45.5 Å². The highest BCUT2D eigenvalue weighted by molar-refractivity contribution is 9.10. The first-order valence-corrected chi connectivity index (χ1v) is 7.19. The highest BCUT2D eigenvalue weighted by Crippen LogP contribution is 2.39. The number of furan rings is 1. The van der Waals surface area contributed by atoms with Gasteiger partial charge in [0.05, 0.1) is 12.9 Å². The molecule has 0 radical (unpaired) electrons. The van der Waals surface area contributed by atoms with E-state index in [1.165, 1.54) is 0 Å². The second-order valence-electron chi connectivity index (χ2n) is 4.64. The summed E-state index contributed by atoms with van der Waals surface area (Å²) in [5.41, 5.74) is 2.77. The van der Waals surface area contributed by atoms with Gasteiger partial charge in [0.15, 0.2) is 0 Å². The van der Waals surface area contributed by atoms with Crippen LogP contribution in [0.2, 0.25) is 0 Å². The minimum Gasteiger partial charge on any atom is -0.493 e. The van der Waals surface area contributed by atoms with E-state index in [1.54, 1.807) is 6.26 Å². The number of aliphatic hydroxyl groups is 1. The molecule has 2 heterocycles. The monoisotopic (exact) mass is 322 g/mol. The summed E-state index contributed by atoms with van der Waals surface area (Å²) in [4.78, 5) is 0. The Kier molecular flexibility index (Phi) is 3.37. The molecule has 1 aliphatic heterocycles. The lowest BCUT2D eigenvalue weighted by Gasteiger charge is -2.15. The summed E-state index contributed by atoms with van der Waals surface area (Å²) in [6, 6.07) is 5.79. The summed E-state index contributed by atoms with van der Waals surface area (Å²) in [7, 11) is 0. The fourth-order valence-electron chi connectivity index (χ4n) is 2.55. The molecule has 1 N–H and O–H groups in total. The molecule has 1 atom stereocenters. The van der Waals surface area contributed by atoms with Crippen molar-refractivity contribution < 1.29 is 14.3 Å². The molecule has 1 aliphatic rings. The Balaban J connectivity index is 2.07. The van der Waals surface area contributed by atoms with E-state index < -0.39 is 6.10 Å². The Labute approximate surface area is 120 Å². The Bertz CT molecular complexity index is 603. The molecule has 1 unspecified atom stereocenters. The number of fused-ring (bicyclic) bond motifs is 1. The highest BCUT2D eigenvalue weighted by Gasteiger charge is 2.25. The highest BCUT2D eigenvalue weighted by atomic mass is 79.9. The van der Waals surface area contributed by atoms with E-state index in [-0.39, 0.29) is 0 Å². The molecule has 3 rings (SSSR count). The number of aliphatic hydroxyl groups excluding tert-OH is 1. The van der Waals surface area contributed by atoms with Gasteiger partial charge in [-0.25, -0.2) is 0 Å². The summed E-state index contributed by atoms with van der Waals surface area (Å²) in [6.07, 6.45) is 2.56. The molecule has 0 spiro atoms. The molecule has 4 heteroatoms. The molecular formula is C15H15BrO3. The van der Waals surface area contributed by atoms with E-state index in [9.17, 15) is 5.11 Å². The van der Waals surface area contributed by atoms with Crippen LogP contribution < -0.4 is 4.74 Å². The van der Waals surface area contributed by atoms with Gasteiger partial charge in [0.2, 0.25) is 0 Å². The molecule has 0 aliphatic carbocycles. The molecule has 0 saturated heterocycles. The minimum atomic E-state index is -0.710. The Hall–Kier alpha value is -1.26. The quantitative estimate of drug-likeness (QED) is 0.938. The summed E-state index contributed by atoms with van der Waals surface area (Å²) < 4.78 is 12.0. The largest absolute Gasteiger partial charge is 0.493 e. The number of benzene rings is 1. The number of ether oxygens (including phenoxy) is 1. The molecule has 0 bridgehead atoms. The van der Waals surface area contributed by atoms with Crippen molar-refractivity contribution in [2.24, 2.45) is 0 Å². The first kappa shape index (κ1) is 12.8. The third-order valence-electron chi connectivity index (χ3n) is 3.47. The van der Waals surface area contributed by atoms with Crippen molar-refractivity contribution in [3.63, 3.8) is 0 Å². The number of hydrogen-bond donors (Lipinski definition) is 1. The van der Waals surface area contributed by atoms with Crippen LogP contribution in [-0.2, 0) is 12.8 Å². The number of halogens is 1. The summed E-state index contributed by atoms with van der Waals surface area (Å²) >= 11 is 3.49. The van der Waals surface area contributed by atoms with Crippen molar-refractivity contribution in [2.75, 3.05) is 6.61 Å². The smallest absolute Gasteiger partial charge is 0.128 e. The van der Waals surface area contributed by atoms with Crippen LogP contribution in [0.1, 0.15) is 35.5 Å². The van der Waals surface area contributed by atoms with Gasteiger partial charge in [0.25, 0.3) is 0 Å². The van der Waals surface area contributed by atoms with Gasteiger partial charge in [-0.1, -0.05) is 22.9 Å². The number of rotatable bonds is 3. The lowest BCUT2D eigenvalue weighted by Crippen LogP contribution is -2.03. The first-order chi connectivity index (χ1) is 9.20. The zero-order chi connectivity index (χ0) is 13.4. The van der Waals surface area contributed by atoms with Gasteiger partial charge in [0.1, 0.15) is 17.6 Å². The molecule has 100 valence electrons. The van der Waals surface area contributed by atoms with E-state index in [4.69, 9.17) is 9.15 Å². The maximum absolute atomic E-state index is 10.6. The van der Waals surface area contributed by atoms with Crippen molar-refractivity contribution in [3.05, 3.63) is 51.4 Å². The summed E-state index contributed by atoms with van der Waals surface area (Å²) in [5, 5.41) is 10.6. The SMILES string of the molecule is CCc1occc1C(O)c1cc(Br)cc2c1OCC2. The molecule has 2 aromatic rings. The molecule has 0 fully saturated rings. The Morgan fingerprint density at radius 3 is 3.00 bits per heavy atom. The van der Waals surface area contributed by atoms with Crippen LogP contribution >= 0.6 is 15.9 Å². The predicted molar refractivity (Wildman–Crippen MR) is 75.5 cm³/mol. The van der Waals surface area contributed by atoms with Crippen LogP contribution in [0.3, 0.4) is 0 Å². The fraction of sp³-hybridized carbons (Fsp3) is 0.333. The maximum atomic E-state index is 10.6. The maximum Gasteiger partial charge on any atom is 0.128 e. The van der Waals surface area contributed by atoms with Gasteiger partial charge in [-0.2, -0.15) is 0 Å². The molecule has 3 nitrogen and oxygen atoms in total. The average Bonchev–Trinajstić information content (AvgIpc) is 3.04. The molecular weight excluding hydrogens is 308 g/mol. The Morgan fingerprint density at radius 2 is 2.21 bits per heavy atom. The van der Waals surface area contributed by atoms with Crippen molar-refractivity contribution in [1.82, 2.24) is 0 Å². The van der Waals surface area contributed by atoms with Crippen molar-refractivity contribution in [1.29, 1.82) is 0 Å². The summed E-state index contributed by atoms with van der Waals surface area (Å²) in [6.45, 7) is 2.69. The fourth-order valence-corrected chi connectivity index (χ4v) is 3.07. The van der Waals surface area contributed by atoms with E-state index in [0.29, 0.717) is 6.61 Å². The number of hydrogen-bond acceptors (Lipinski definition) is 3. The minimum absolute atomic E-state index is 0.678. The molecule has 0 saturated carbocycles. The van der Waals surface area contributed by atoms with Crippen LogP contribution in [-0.4, -0.2) is 11.7 Å². The van der Waals surface area contributed by atoms with Crippen molar-refractivity contribution in [2.45, 2.75) is 25.9 Å². The predicted octanol–water partition coefficient (Wildman–Crippen LogP) is 3.62. The van der Waals surface area contributed by atoms with Crippen LogP contribution in [0.25, 0.3) is 0 Å². The molecule has 1 aromatic heterocycles. The normalized spacial score (nSPS) is 15.1. The Morgan fingerprint density at radius 1 is 1.37 bits per heavy atom. The van der Waals surface area contributed by atoms with E-state index in [2.05, 4.69) is 22.0 Å². The van der Waals surface area contributed by atoms with Gasteiger partial charge in [-0.05, 0) is 23.8 Å². The van der Waals surface area contributed by atoms with Gasteiger partial charge < -0.3 is 14.3 Å². The standard InChI is InChI=1S/C15H15BrO3/c1-2-13-11(4-6-18-13)14(17)12-8-10(16)7-9-3-5-19-15(9)12/h4,6-8,14,17H,2-3,5H2,1H3. The summed E-state index contributed by atoms with van der Waals surface area (Å²) in [5.74, 6) is 1.64. The van der Waals surface area contributed by atoms with Gasteiger partial charge in [-0.15, -0.1) is 0 Å². The van der Waals surface area contributed by atoms with Gasteiger partial charge >= 0.3 is 0 Å². The van der Waals surface area contributed by atoms with Crippen molar-refractivity contribution >= 4 is 15.9 Å². The number of aryl methyl sites for hydroxylation is 1. The average molecular weight is 323 g/mol. The third-order valence-corrected chi connectivity index (χ3v) is 3.93. The molecule has 0 amide bonds. The first-order valence-electron chi connectivity index (χ1n) is 6.40. The van der Waals surface area contributed by atoms with Gasteiger partial charge in [-0.3, -0.25) is 0 Å². The van der Waals surface area contributed by atoms with Crippen LogP contribution in [0.5, 0.6) is 5.75 Å². The zero-order valence-corrected chi connectivity index (χ0v) is 12.2. The van der Waals surface area contributed by atoms with Crippen LogP contribution in [0.15, 0.2) is 33.4 Å². The third kappa shape index (κ3) is 2.19. The second kappa shape index (κ2) is 5.02. The topological polar surface area (TPSA) is 42.6 Å². The lowest BCUT2D eigenvalue weighted by atomic mass is 9.98.